The van der Waals surface area contributed by atoms with Crippen molar-refractivity contribution in [1.82, 2.24) is 9.55 Å². The van der Waals surface area contributed by atoms with Crippen molar-refractivity contribution in [2.75, 3.05) is 11.9 Å². The Kier molecular flexibility index (Phi) is 4.23. The quantitative estimate of drug-likeness (QED) is 0.886. The first-order valence-corrected chi connectivity index (χ1v) is 7.03. The van der Waals surface area contributed by atoms with Gasteiger partial charge in [-0.1, -0.05) is 22.9 Å². The van der Waals surface area contributed by atoms with Gasteiger partial charge in [0.2, 0.25) is 5.95 Å². The van der Waals surface area contributed by atoms with Crippen molar-refractivity contribution in [3.05, 3.63) is 39.5 Å². The molecule has 90 valence electrons. The second-order valence-electron chi connectivity index (χ2n) is 3.64. The van der Waals surface area contributed by atoms with Crippen LogP contribution in [0, 0.1) is 0 Å². The van der Waals surface area contributed by atoms with E-state index in [9.17, 15) is 0 Å². The molecule has 0 saturated carbocycles. The number of nitrogens with zero attached hydrogens (tertiary/aromatic N) is 2. The topological polar surface area (TPSA) is 29.9 Å². The number of rotatable bonds is 4. The van der Waals surface area contributed by atoms with Crippen LogP contribution in [0.1, 0.15) is 13.3 Å². The van der Waals surface area contributed by atoms with Gasteiger partial charge >= 0.3 is 0 Å². The lowest BCUT2D eigenvalue weighted by Crippen LogP contribution is -2.07. The summed E-state index contributed by atoms with van der Waals surface area (Å²) in [5.74, 6) is 0.866. The van der Waals surface area contributed by atoms with Crippen LogP contribution >= 0.6 is 31.9 Å². The summed E-state index contributed by atoms with van der Waals surface area (Å²) < 4.78 is 4.12. The second-order valence-corrected chi connectivity index (χ2v) is 5.41. The maximum atomic E-state index is 4.32. The van der Waals surface area contributed by atoms with Gasteiger partial charge in [0, 0.05) is 27.9 Å². The molecule has 3 nitrogen and oxygen atoms in total. The molecule has 0 spiro atoms. The Balaban J connectivity index is 2.38. The van der Waals surface area contributed by atoms with Crippen molar-refractivity contribution < 1.29 is 0 Å². The van der Waals surface area contributed by atoms with Crippen LogP contribution < -0.4 is 5.32 Å². The average molecular weight is 359 g/mol. The highest BCUT2D eigenvalue weighted by Gasteiger charge is 2.07. The molecule has 1 aromatic heterocycles. The molecule has 0 fully saturated rings. The third kappa shape index (κ3) is 2.90. The summed E-state index contributed by atoms with van der Waals surface area (Å²) in [6.45, 7) is 3.05. The van der Waals surface area contributed by atoms with Gasteiger partial charge < -0.3 is 5.32 Å². The molecular weight excluding hydrogens is 346 g/mol. The number of hydrogen-bond donors (Lipinski definition) is 1. The zero-order valence-corrected chi connectivity index (χ0v) is 12.6. The van der Waals surface area contributed by atoms with Gasteiger partial charge in [-0.3, -0.25) is 4.57 Å². The largest absolute Gasteiger partial charge is 0.355 e. The number of nitrogens with one attached hydrogen (secondary N) is 1. The van der Waals surface area contributed by atoms with Crippen molar-refractivity contribution in [1.29, 1.82) is 0 Å². The number of halogens is 2. The molecule has 0 aliphatic rings. The number of benzene rings is 1. The Morgan fingerprint density at radius 1 is 1.35 bits per heavy atom. The van der Waals surface area contributed by atoms with Crippen LogP contribution in [0.4, 0.5) is 5.95 Å². The molecule has 0 unspecified atom stereocenters. The molecule has 2 rings (SSSR count). The SMILES string of the molecule is CCCNc1nccn1-c1cc(Br)ccc1Br. The lowest BCUT2D eigenvalue weighted by Gasteiger charge is -2.11. The zero-order chi connectivity index (χ0) is 12.3. The summed E-state index contributed by atoms with van der Waals surface area (Å²) in [5, 5.41) is 3.30. The lowest BCUT2D eigenvalue weighted by atomic mass is 10.3. The first-order chi connectivity index (χ1) is 8.22. The Bertz CT molecular complexity index is 508. The number of imidazole rings is 1. The minimum atomic E-state index is 0.866. The molecular formula is C12H13Br2N3. The molecule has 0 radical (unpaired) electrons. The maximum absolute atomic E-state index is 4.32. The minimum Gasteiger partial charge on any atom is -0.355 e. The van der Waals surface area contributed by atoms with Crippen molar-refractivity contribution in [3.8, 4) is 5.69 Å². The summed E-state index contributed by atoms with van der Waals surface area (Å²) >= 11 is 7.04. The van der Waals surface area contributed by atoms with Crippen LogP contribution in [-0.2, 0) is 0 Å². The molecule has 0 atom stereocenters. The Labute approximate surface area is 118 Å². The van der Waals surface area contributed by atoms with E-state index in [1.807, 2.05) is 22.9 Å². The van der Waals surface area contributed by atoms with Crippen molar-refractivity contribution in [2.24, 2.45) is 0 Å². The summed E-state index contributed by atoms with van der Waals surface area (Å²) in [4.78, 5) is 4.32. The van der Waals surface area contributed by atoms with E-state index in [0.717, 1.165) is 33.5 Å². The van der Waals surface area contributed by atoms with Crippen LogP contribution in [0.5, 0.6) is 0 Å². The monoisotopic (exact) mass is 357 g/mol. The van der Waals surface area contributed by atoms with E-state index in [1.165, 1.54) is 0 Å². The van der Waals surface area contributed by atoms with Crippen molar-refractivity contribution >= 4 is 37.8 Å². The van der Waals surface area contributed by atoms with E-state index in [0.29, 0.717) is 0 Å². The fourth-order valence-electron chi connectivity index (χ4n) is 1.54. The van der Waals surface area contributed by atoms with E-state index in [1.54, 1.807) is 6.20 Å². The fraction of sp³-hybridized carbons (Fsp3) is 0.250. The van der Waals surface area contributed by atoms with Gasteiger partial charge in [0.1, 0.15) is 0 Å². The number of hydrogen-bond acceptors (Lipinski definition) is 2. The second kappa shape index (κ2) is 5.69. The molecule has 0 saturated heterocycles. The van der Waals surface area contributed by atoms with E-state index in [-0.39, 0.29) is 0 Å². The fourth-order valence-corrected chi connectivity index (χ4v) is 2.32. The van der Waals surface area contributed by atoms with E-state index >= 15 is 0 Å². The van der Waals surface area contributed by atoms with Crippen molar-refractivity contribution in [2.45, 2.75) is 13.3 Å². The Hall–Kier alpha value is -0.810. The summed E-state index contributed by atoms with van der Waals surface area (Å²) in [6, 6.07) is 6.08. The van der Waals surface area contributed by atoms with Gasteiger partial charge in [-0.15, -0.1) is 0 Å². The molecule has 0 aliphatic carbocycles. The molecule has 17 heavy (non-hydrogen) atoms. The minimum absolute atomic E-state index is 0.866. The van der Waals surface area contributed by atoms with Crippen LogP contribution in [-0.4, -0.2) is 16.1 Å². The molecule has 0 aliphatic heterocycles. The molecule has 1 N–H and O–H groups in total. The molecule has 2 aromatic rings. The van der Waals surface area contributed by atoms with Crippen LogP contribution in [0.15, 0.2) is 39.5 Å². The molecule has 1 heterocycles. The Morgan fingerprint density at radius 2 is 2.18 bits per heavy atom. The van der Waals surface area contributed by atoms with Gasteiger partial charge in [0.05, 0.1) is 5.69 Å². The first kappa shape index (κ1) is 12.6. The average Bonchev–Trinajstić information content (AvgIpc) is 2.77. The molecule has 5 heteroatoms. The van der Waals surface area contributed by atoms with Gasteiger partial charge in [0.25, 0.3) is 0 Å². The third-order valence-electron chi connectivity index (χ3n) is 2.34. The zero-order valence-electron chi connectivity index (χ0n) is 9.45. The lowest BCUT2D eigenvalue weighted by molar-refractivity contribution is 0.935. The normalized spacial score (nSPS) is 10.5. The van der Waals surface area contributed by atoms with Crippen LogP contribution in [0.3, 0.4) is 0 Å². The van der Waals surface area contributed by atoms with Gasteiger partial charge in [-0.05, 0) is 40.5 Å². The van der Waals surface area contributed by atoms with Crippen LogP contribution in [0.25, 0.3) is 5.69 Å². The smallest absolute Gasteiger partial charge is 0.207 e. The Morgan fingerprint density at radius 3 is 2.94 bits per heavy atom. The van der Waals surface area contributed by atoms with Crippen LogP contribution in [0.2, 0.25) is 0 Å². The highest BCUT2D eigenvalue weighted by molar-refractivity contribution is 9.11. The number of anilines is 1. The maximum Gasteiger partial charge on any atom is 0.207 e. The highest BCUT2D eigenvalue weighted by Crippen LogP contribution is 2.27. The molecule has 0 bridgehead atoms. The van der Waals surface area contributed by atoms with Gasteiger partial charge in [0.15, 0.2) is 0 Å². The third-order valence-corrected chi connectivity index (χ3v) is 3.51. The summed E-state index contributed by atoms with van der Waals surface area (Å²) in [5.41, 5.74) is 1.07. The summed E-state index contributed by atoms with van der Waals surface area (Å²) in [6.07, 6.45) is 4.82. The van der Waals surface area contributed by atoms with E-state index in [4.69, 9.17) is 0 Å². The standard InChI is InChI=1S/C12H13Br2N3/c1-2-5-15-12-16-6-7-17(12)11-8-9(13)3-4-10(11)14/h3-4,6-8H,2,5H2,1H3,(H,15,16). The van der Waals surface area contributed by atoms with E-state index in [2.05, 4.69) is 55.2 Å². The number of aromatic nitrogens is 2. The summed E-state index contributed by atoms with van der Waals surface area (Å²) in [7, 11) is 0. The van der Waals surface area contributed by atoms with E-state index < -0.39 is 0 Å². The molecule has 1 aromatic carbocycles. The first-order valence-electron chi connectivity index (χ1n) is 5.45. The predicted octanol–water partition coefficient (Wildman–Crippen LogP) is 4.22. The van der Waals surface area contributed by atoms with Crippen molar-refractivity contribution in [3.63, 3.8) is 0 Å². The molecule has 0 amide bonds. The van der Waals surface area contributed by atoms with Gasteiger partial charge in [-0.2, -0.15) is 0 Å². The highest BCUT2D eigenvalue weighted by atomic mass is 79.9. The predicted molar refractivity (Wildman–Crippen MR) is 77.7 cm³/mol. The van der Waals surface area contributed by atoms with Gasteiger partial charge in [-0.25, -0.2) is 4.98 Å².